The van der Waals surface area contributed by atoms with Gasteiger partial charge in [0.25, 0.3) is 0 Å². The van der Waals surface area contributed by atoms with Crippen LogP contribution < -0.4 is 5.73 Å². The van der Waals surface area contributed by atoms with E-state index in [1.54, 1.807) is 0 Å². The maximum atomic E-state index is 12.0. The molecule has 0 aliphatic carbocycles. The number of imide groups is 1. The summed E-state index contributed by atoms with van der Waals surface area (Å²) in [6.07, 6.45) is 0.872. The van der Waals surface area contributed by atoms with Gasteiger partial charge in [-0.25, -0.2) is 0 Å². The van der Waals surface area contributed by atoms with Crippen molar-refractivity contribution in [2.75, 3.05) is 6.54 Å². The van der Waals surface area contributed by atoms with Crippen LogP contribution in [0.4, 0.5) is 0 Å². The third kappa shape index (κ3) is 3.07. The molecule has 4 heteroatoms. The van der Waals surface area contributed by atoms with Crippen molar-refractivity contribution in [1.29, 1.82) is 0 Å². The summed E-state index contributed by atoms with van der Waals surface area (Å²) >= 11 is 0. The topological polar surface area (TPSA) is 63.4 Å². The van der Waals surface area contributed by atoms with E-state index in [0.717, 1.165) is 5.56 Å². The lowest BCUT2D eigenvalue weighted by molar-refractivity contribution is -0.150. The predicted molar refractivity (Wildman–Crippen MR) is 78.0 cm³/mol. The number of hydrogen-bond donors (Lipinski definition) is 1. The normalized spacial score (nSPS) is 18.5. The summed E-state index contributed by atoms with van der Waals surface area (Å²) in [5.41, 5.74) is 9.50. The van der Waals surface area contributed by atoms with Gasteiger partial charge in [0.05, 0.1) is 0 Å². The second-order valence-corrected chi connectivity index (χ2v) is 5.86. The van der Waals surface area contributed by atoms with E-state index in [-0.39, 0.29) is 30.3 Å². The van der Waals surface area contributed by atoms with Crippen molar-refractivity contribution in [2.45, 2.75) is 39.7 Å². The zero-order chi connectivity index (χ0) is 14.9. The Morgan fingerprint density at radius 2 is 1.80 bits per heavy atom. The maximum Gasteiger partial charge on any atom is 0.229 e. The summed E-state index contributed by atoms with van der Waals surface area (Å²) in [4.78, 5) is 25.2. The molecule has 1 aromatic carbocycles. The number of benzene rings is 1. The summed E-state index contributed by atoms with van der Waals surface area (Å²) in [6, 6.07) is 5.69. The SMILES string of the molecule is Cc1ccc(C(N)CN2C(=O)CC(C)CC2=O)cc1C. The van der Waals surface area contributed by atoms with Crippen molar-refractivity contribution in [3.05, 3.63) is 34.9 Å². The van der Waals surface area contributed by atoms with Gasteiger partial charge in [0.2, 0.25) is 11.8 Å². The maximum absolute atomic E-state index is 12.0. The lowest BCUT2D eigenvalue weighted by Crippen LogP contribution is -2.45. The predicted octanol–water partition coefficient (Wildman–Crippen LogP) is 2.09. The van der Waals surface area contributed by atoms with Crippen molar-refractivity contribution in [1.82, 2.24) is 4.90 Å². The third-order valence-electron chi connectivity index (χ3n) is 3.99. The first-order valence-corrected chi connectivity index (χ1v) is 7.04. The lowest BCUT2D eigenvalue weighted by atomic mass is 9.96. The van der Waals surface area contributed by atoms with Gasteiger partial charge in [-0.1, -0.05) is 25.1 Å². The van der Waals surface area contributed by atoms with Crippen LogP contribution in [0.15, 0.2) is 18.2 Å². The molecule has 1 aromatic rings. The van der Waals surface area contributed by atoms with Crippen LogP contribution >= 0.6 is 0 Å². The number of carbonyl (C=O) groups excluding carboxylic acids is 2. The highest BCUT2D eigenvalue weighted by Gasteiger charge is 2.31. The van der Waals surface area contributed by atoms with Crippen molar-refractivity contribution < 1.29 is 9.59 Å². The van der Waals surface area contributed by atoms with Gasteiger partial charge in [-0.05, 0) is 36.5 Å². The molecule has 1 heterocycles. The molecule has 0 saturated carbocycles. The Bertz CT molecular complexity index is 521. The van der Waals surface area contributed by atoms with E-state index in [4.69, 9.17) is 5.73 Å². The molecule has 0 radical (unpaired) electrons. The van der Waals surface area contributed by atoms with Gasteiger partial charge in [0, 0.05) is 25.4 Å². The molecular weight excluding hydrogens is 252 g/mol. The molecule has 0 bridgehead atoms. The van der Waals surface area contributed by atoms with E-state index in [1.807, 2.05) is 39.0 Å². The van der Waals surface area contributed by atoms with Gasteiger partial charge in [-0.3, -0.25) is 14.5 Å². The van der Waals surface area contributed by atoms with Crippen LogP contribution in [0.5, 0.6) is 0 Å². The van der Waals surface area contributed by atoms with Gasteiger partial charge >= 0.3 is 0 Å². The fraction of sp³-hybridized carbons (Fsp3) is 0.500. The first kappa shape index (κ1) is 14.7. The van der Waals surface area contributed by atoms with Crippen LogP contribution in [0, 0.1) is 19.8 Å². The van der Waals surface area contributed by atoms with Gasteiger partial charge in [-0.15, -0.1) is 0 Å². The second-order valence-electron chi connectivity index (χ2n) is 5.86. The van der Waals surface area contributed by atoms with Crippen LogP contribution in [0.3, 0.4) is 0 Å². The molecule has 1 fully saturated rings. The van der Waals surface area contributed by atoms with E-state index < -0.39 is 0 Å². The third-order valence-corrected chi connectivity index (χ3v) is 3.99. The molecule has 108 valence electrons. The number of rotatable bonds is 3. The number of nitrogens with zero attached hydrogens (tertiary/aromatic N) is 1. The Morgan fingerprint density at radius 3 is 2.35 bits per heavy atom. The van der Waals surface area contributed by atoms with Crippen molar-refractivity contribution >= 4 is 11.8 Å². The fourth-order valence-electron chi connectivity index (χ4n) is 2.53. The van der Waals surface area contributed by atoms with Crippen LogP contribution in [0.1, 0.15) is 42.5 Å². The number of piperidine rings is 1. The molecule has 1 unspecified atom stereocenters. The molecule has 0 aromatic heterocycles. The summed E-state index contributed by atoms with van der Waals surface area (Å²) in [7, 11) is 0. The second kappa shape index (κ2) is 5.75. The zero-order valence-electron chi connectivity index (χ0n) is 12.3. The van der Waals surface area contributed by atoms with E-state index in [0.29, 0.717) is 12.8 Å². The van der Waals surface area contributed by atoms with Gasteiger partial charge < -0.3 is 5.73 Å². The highest BCUT2D eigenvalue weighted by atomic mass is 16.2. The number of amides is 2. The lowest BCUT2D eigenvalue weighted by Gasteiger charge is -2.30. The minimum atomic E-state index is -0.324. The standard InChI is InChI=1S/C16H22N2O2/c1-10-6-15(19)18(16(20)7-10)9-14(17)13-5-4-11(2)12(3)8-13/h4-5,8,10,14H,6-7,9,17H2,1-3H3. The molecule has 1 aliphatic rings. The number of aryl methyl sites for hydroxylation is 2. The Kier molecular flexibility index (Phi) is 4.23. The smallest absolute Gasteiger partial charge is 0.229 e. The summed E-state index contributed by atoms with van der Waals surface area (Å²) in [5, 5.41) is 0. The Balaban J connectivity index is 2.10. The van der Waals surface area contributed by atoms with Crippen LogP contribution in [0.2, 0.25) is 0 Å². The number of likely N-dealkylation sites (tertiary alicyclic amines) is 1. The monoisotopic (exact) mass is 274 g/mol. The number of nitrogens with two attached hydrogens (primary N) is 1. The average Bonchev–Trinajstić information content (AvgIpc) is 2.36. The molecule has 1 atom stereocenters. The molecule has 2 N–H and O–H groups in total. The molecule has 0 spiro atoms. The molecule has 1 saturated heterocycles. The molecule has 1 aliphatic heterocycles. The van der Waals surface area contributed by atoms with Crippen LogP contribution in [-0.4, -0.2) is 23.3 Å². The first-order chi connectivity index (χ1) is 9.38. The van der Waals surface area contributed by atoms with Gasteiger partial charge in [-0.2, -0.15) is 0 Å². The molecule has 2 amide bonds. The van der Waals surface area contributed by atoms with Crippen LogP contribution in [0.25, 0.3) is 0 Å². The Labute approximate surface area is 119 Å². The molecule has 2 rings (SSSR count). The van der Waals surface area contributed by atoms with Crippen LogP contribution in [-0.2, 0) is 9.59 Å². The van der Waals surface area contributed by atoms with Gasteiger partial charge in [0.15, 0.2) is 0 Å². The Hall–Kier alpha value is -1.68. The highest BCUT2D eigenvalue weighted by Crippen LogP contribution is 2.22. The van der Waals surface area contributed by atoms with Gasteiger partial charge in [0.1, 0.15) is 0 Å². The Morgan fingerprint density at radius 1 is 1.20 bits per heavy atom. The first-order valence-electron chi connectivity index (χ1n) is 7.04. The molecular formula is C16H22N2O2. The minimum Gasteiger partial charge on any atom is -0.322 e. The zero-order valence-corrected chi connectivity index (χ0v) is 12.3. The van der Waals surface area contributed by atoms with Crippen molar-refractivity contribution in [3.8, 4) is 0 Å². The summed E-state index contributed by atoms with van der Waals surface area (Å²) < 4.78 is 0. The average molecular weight is 274 g/mol. The minimum absolute atomic E-state index is 0.104. The summed E-state index contributed by atoms with van der Waals surface area (Å²) in [5.74, 6) is -0.0647. The molecule has 4 nitrogen and oxygen atoms in total. The van der Waals surface area contributed by atoms with Crippen molar-refractivity contribution in [3.63, 3.8) is 0 Å². The fourth-order valence-corrected chi connectivity index (χ4v) is 2.53. The quantitative estimate of drug-likeness (QED) is 0.858. The van der Waals surface area contributed by atoms with E-state index >= 15 is 0 Å². The number of carbonyl (C=O) groups is 2. The number of hydrogen-bond acceptors (Lipinski definition) is 3. The molecule has 20 heavy (non-hydrogen) atoms. The van der Waals surface area contributed by atoms with E-state index in [9.17, 15) is 9.59 Å². The van der Waals surface area contributed by atoms with Crippen molar-refractivity contribution in [2.24, 2.45) is 11.7 Å². The largest absolute Gasteiger partial charge is 0.322 e. The van der Waals surface area contributed by atoms with E-state index in [1.165, 1.54) is 16.0 Å². The van der Waals surface area contributed by atoms with E-state index in [2.05, 4.69) is 0 Å². The summed E-state index contributed by atoms with van der Waals surface area (Å²) in [6.45, 7) is 6.28. The highest BCUT2D eigenvalue weighted by molar-refractivity contribution is 5.97.